The first-order valence-electron chi connectivity index (χ1n) is 12.7. The third-order valence-electron chi connectivity index (χ3n) is 6.77. The van der Waals surface area contributed by atoms with Crippen molar-refractivity contribution in [3.05, 3.63) is 82.2 Å². The van der Waals surface area contributed by atoms with Gasteiger partial charge in [-0.3, -0.25) is 9.59 Å². The number of hydrogen-bond donors (Lipinski definition) is 1. The Bertz CT molecular complexity index is 1280. The van der Waals surface area contributed by atoms with Gasteiger partial charge in [-0.15, -0.1) is 0 Å². The van der Waals surface area contributed by atoms with E-state index in [0.29, 0.717) is 47.8 Å². The molecular formula is C30H33NO6S. The minimum absolute atomic E-state index is 0.0249. The van der Waals surface area contributed by atoms with Crippen molar-refractivity contribution in [3.8, 4) is 11.5 Å². The van der Waals surface area contributed by atoms with E-state index in [-0.39, 0.29) is 11.7 Å². The summed E-state index contributed by atoms with van der Waals surface area (Å²) in [5.41, 5.74) is 4.22. The largest absolute Gasteiger partial charge is 0.496 e. The summed E-state index contributed by atoms with van der Waals surface area (Å²) in [7, 11) is 1.63. The van der Waals surface area contributed by atoms with Gasteiger partial charge < -0.3 is 19.5 Å². The molecule has 0 saturated heterocycles. The maximum absolute atomic E-state index is 13.8. The van der Waals surface area contributed by atoms with Crippen LogP contribution in [0.1, 0.15) is 56.6 Å². The van der Waals surface area contributed by atoms with Crippen molar-refractivity contribution in [2.45, 2.75) is 45.4 Å². The number of hydrogen-bond acceptors (Lipinski definition) is 8. The summed E-state index contributed by atoms with van der Waals surface area (Å²) in [5, 5.41) is 3.38. The third-order valence-corrected chi connectivity index (χ3v) is 7.63. The van der Waals surface area contributed by atoms with E-state index >= 15 is 0 Å². The molecule has 38 heavy (non-hydrogen) atoms. The smallest absolute Gasteiger partial charge is 0.336 e. The van der Waals surface area contributed by atoms with Crippen LogP contribution in [0.2, 0.25) is 0 Å². The number of nitrogens with one attached hydrogen (secondary N) is 1. The van der Waals surface area contributed by atoms with E-state index in [1.165, 1.54) is 6.92 Å². The minimum atomic E-state index is -0.588. The Labute approximate surface area is 227 Å². The zero-order valence-electron chi connectivity index (χ0n) is 22.2. The van der Waals surface area contributed by atoms with Crippen molar-refractivity contribution in [2.24, 2.45) is 0 Å². The number of methoxy groups -OCH3 is 1. The number of benzene rings is 2. The first-order valence-corrected chi connectivity index (χ1v) is 13.9. The van der Waals surface area contributed by atoms with Gasteiger partial charge >= 0.3 is 11.9 Å². The van der Waals surface area contributed by atoms with E-state index in [2.05, 4.69) is 12.2 Å². The van der Waals surface area contributed by atoms with Crippen LogP contribution in [-0.4, -0.2) is 42.9 Å². The fourth-order valence-electron chi connectivity index (χ4n) is 5.18. The summed E-state index contributed by atoms with van der Waals surface area (Å²) in [6.45, 7) is 5.54. The molecule has 0 radical (unpaired) electrons. The molecule has 7 nitrogen and oxygen atoms in total. The van der Waals surface area contributed by atoms with E-state index in [4.69, 9.17) is 14.2 Å². The Kier molecular flexibility index (Phi) is 8.94. The van der Waals surface area contributed by atoms with Crippen molar-refractivity contribution < 1.29 is 28.6 Å². The zero-order chi connectivity index (χ0) is 27.2. The van der Waals surface area contributed by atoms with E-state index in [1.807, 2.05) is 31.2 Å². The molecule has 2 aromatic rings. The van der Waals surface area contributed by atoms with E-state index in [1.54, 1.807) is 43.1 Å². The quantitative estimate of drug-likeness (QED) is 0.264. The molecule has 0 unspecified atom stereocenters. The number of allylic oxidation sites excluding steroid dienone is 3. The number of thioether (sulfide) groups is 1. The van der Waals surface area contributed by atoms with Crippen molar-refractivity contribution in [3.63, 3.8) is 0 Å². The van der Waals surface area contributed by atoms with Gasteiger partial charge in [-0.25, -0.2) is 4.79 Å². The molecule has 1 heterocycles. The standard InChI is InChI=1S/C30H33NO6S/c1-5-38-15-14-36-30(34)27-18(2)31-24-16-21(23-8-6-7-9-26(23)35-4)17-25(33)29(24)28(27)20-10-12-22(13-11-20)37-19(3)32/h6-13,21,28,31H,5,14-17H2,1-4H3/t21-,28+/m0/s1. The molecule has 1 aliphatic heterocycles. The average Bonchev–Trinajstić information content (AvgIpc) is 2.90. The highest BCUT2D eigenvalue weighted by molar-refractivity contribution is 7.99. The van der Waals surface area contributed by atoms with Crippen LogP contribution >= 0.6 is 11.8 Å². The van der Waals surface area contributed by atoms with Crippen LogP contribution in [-0.2, 0) is 19.1 Å². The second-order valence-electron chi connectivity index (χ2n) is 9.25. The summed E-state index contributed by atoms with van der Waals surface area (Å²) >= 11 is 1.70. The lowest BCUT2D eigenvalue weighted by Gasteiger charge is -2.37. The molecule has 2 aliphatic rings. The van der Waals surface area contributed by atoms with Gasteiger partial charge in [0.05, 0.1) is 12.7 Å². The van der Waals surface area contributed by atoms with Gasteiger partial charge in [-0.1, -0.05) is 37.3 Å². The Morgan fingerprint density at radius 1 is 1.08 bits per heavy atom. The molecule has 1 N–H and O–H groups in total. The summed E-state index contributed by atoms with van der Waals surface area (Å²) in [6, 6.07) is 14.7. The molecule has 0 spiro atoms. The maximum atomic E-state index is 13.8. The van der Waals surface area contributed by atoms with Crippen molar-refractivity contribution in [1.82, 2.24) is 5.32 Å². The highest BCUT2D eigenvalue weighted by Gasteiger charge is 2.41. The number of ether oxygens (including phenoxy) is 3. The maximum Gasteiger partial charge on any atom is 0.336 e. The minimum Gasteiger partial charge on any atom is -0.496 e. The van der Waals surface area contributed by atoms with E-state index in [0.717, 1.165) is 28.3 Å². The molecule has 0 saturated carbocycles. The van der Waals surface area contributed by atoms with Gasteiger partial charge in [0.2, 0.25) is 0 Å². The number of dihydropyridines is 1. The van der Waals surface area contributed by atoms with Gasteiger partial charge in [0.25, 0.3) is 0 Å². The van der Waals surface area contributed by atoms with E-state index < -0.39 is 17.9 Å². The third kappa shape index (κ3) is 5.96. The van der Waals surface area contributed by atoms with Crippen LogP contribution in [0.5, 0.6) is 11.5 Å². The second-order valence-corrected chi connectivity index (χ2v) is 10.6. The molecule has 2 atom stereocenters. The lowest BCUT2D eigenvalue weighted by molar-refractivity contribution is -0.138. The Hall–Kier alpha value is -3.52. The van der Waals surface area contributed by atoms with Crippen LogP contribution in [0.3, 0.4) is 0 Å². The van der Waals surface area contributed by atoms with Gasteiger partial charge in [0.15, 0.2) is 5.78 Å². The fraction of sp³-hybridized carbons (Fsp3) is 0.367. The first kappa shape index (κ1) is 27.5. The Morgan fingerprint density at radius 3 is 2.50 bits per heavy atom. The van der Waals surface area contributed by atoms with Crippen LogP contribution in [0.15, 0.2) is 71.1 Å². The van der Waals surface area contributed by atoms with Gasteiger partial charge in [0.1, 0.15) is 18.1 Å². The normalized spacial score (nSPS) is 19.0. The number of carbonyl (C=O) groups is 3. The molecule has 8 heteroatoms. The predicted octanol–water partition coefficient (Wildman–Crippen LogP) is 5.28. The number of carbonyl (C=O) groups excluding carboxylic acids is 3. The number of para-hydroxylation sites is 1. The summed E-state index contributed by atoms with van der Waals surface area (Å²) in [5.74, 6) is 1.28. The second kappa shape index (κ2) is 12.3. The number of rotatable bonds is 9. The number of Topliss-reactive ketones (excluding diaryl/α,β-unsaturated/α-hetero) is 1. The average molecular weight is 536 g/mol. The summed E-state index contributed by atoms with van der Waals surface area (Å²) in [4.78, 5) is 38.6. The number of ketones is 1. The zero-order valence-corrected chi connectivity index (χ0v) is 23.0. The molecule has 0 aromatic heterocycles. The summed E-state index contributed by atoms with van der Waals surface area (Å²) < 4.78 is 16.4. The van der Waals surface area contributed by atoms with Gasteiger partial charge in [0, 0.05) is 47.9 Å². The monoisotopic (exact) mass is 535 g/mol. The first-order chi connectivity index (χ1) is 18.3. The SMILES string of the molecule is CCSCCOC(=O)C1=C(C)NC2=C(C(=O)C[C@@H](c3ccccc3OC)C2)[C@@H]1c1ccc(OC(C)=O)cc1. The molecule has 2 aromatic carbocycles. The van der Waals surface area contributed by atoms with Crippen LogP contribution < -0.4 is 14.8 Å². The van der Waals surface area contributed by atoms with Gasteiger partial charge in [-0.2, -0.15) is 11.8 Å². The van der Waals surface area contributed by atoms with E-state index in [9.17, 15) is 14.4 Å². The molecular weight excluding hydrogens is 502 g/mol. The molecule has 200 valence electrons. The highest BCUT2D eigenvalue weighted by atomic mass is 32.2. The van der Waals surface area contributed by atoms with Crippen LogP contribution in [0.25, 0.3) is 0 Å². The summed E-state index contributed by atoms with van der Waals surface area (Å²) in [6.07, 6.45) is 0.910. The molecule has 0 fully saturated rings. The van der Waals surface area contributed by atoms with Crippen molar-refractivity contribution in [1.29, 1.82) is 0 Å². The lowest BCUT2D eigenvalue weighted by atomic mass is 9.71. The Balaban J connectivity index is 1.72. The van der Waals surface area contributed by atoms with Crippen molar-refractivity contribution in [2.75, 3.05) is 25.2 Å². The predicted molar refractivity (Wildman–Crippen MR) is 147 cm³/mol. The molecule has 0 bridgehead atoms. The van der Waals surface area contributed by atoms with Crippen LogP contribution in [0, 0.1) is 0 Å². The van der Waals surface area contributed by atoms with Crippen molar-refractivity contribution >= 4 is 29.5 Å². The Morgan fingerprint density at radius 2 is 1.82 bits per heavy atom. The highest BCUT2D eigenvalue weighted by Crippen LogP contribution is 2.47. The topological polar surface area (TPSA) is 90.9 Å². The molecule has 1 aliphatic carbocycles. The van der Waals surface area contributed by atoms with Crippen LogP contribution in [0.4, 0.5) is 0 Å². The number of esters is 2. The van der Waals surface area contributed by atoms with Gasteiger partial charge in [-0.05, 0) is 48.4 Å². The molecule has 0 amide bonds. The fourth-order valence-corrected chi connectivity index (χ4v) is 5.67. The molecule has 4 rings (SSSR count). The lowest BCUT2D eigenvalue weighted by Crippen LogP contribution is -2.36.